The molecule has 0 N–H and O–H groups in total. The number of nitrogens with zero attached hydrogens (tertiary/aromatic N) is 1. The monoisotopic (exact) mass is 255 g/mol. The number of pyridine rings is 1. The maximum atomic E-state index is 6.10. The first-order chi connectivity index (χ1) is 8.16. The third-order valence-electron chi connectivity index (χ3n) is 2.87. The second kappa shape index (κ2) is 5.69. The minimum absolute atomic E-state index is 0.177. The lowest BCUT2D eigenvalue weighted by molar-refractivity contribution is 0.0237. The highest BCUT2D eigenvalue weighted by Gasteiger charge is 2.18. The maximum Gasteiger partial charge on any atom is 0.233 e. The molecule has 0 aromatic carbocycles. The van der Waals surface area contributed by atoms with Crippen LogP contribution in [0.3, 0.4) is 0 Å². The molecule has 17 heavy (non-hydrogen) atoms. The molecule has 1 aliphatic heterocycles. The highest BCUT2D eigenvalue weighted by molar-refractivity contribution is 6.31. The fourth-order valence-corrected chi connectivity index (χ4v) is 1.94. The fourth-order valence-electron chi connectivity index (χ4n) is 1.79. The van der Waals surface area contributed by atoms with Gasteiger partial charge in [0.2, 0.25) is 5.88 Å². The molecule has 0 spiro atoms. The molecule has 2 rings (SSSR count). The van der Waals surface area contributed by atoms with Gasteiger partial charge in [0.05, 0.1) is 13.2 Å². The average Bonchev–Trinajstić information content (AvgIpc) is 2.33. The van der Waals surface area contributed by atoms with Crippen LogP contribution in [0.2, 0.25) is 5.02 Å². The largest absolute Gasteiger partial charge is 0.473 e. The molecule has 94 valence electrons. The zero-order chi connectivity index (χ0) is 12.3. The summed E-state index contributed by atoms with van der Waals surface area (Å²) < 4.78 is 11.2. The maximum absolute atomic E-state index is 6.10. The van der Waals surface area contributed by atoms with Crippen LogP contribution in [0, 0.1) is 0 Å². The first-order valence-electron chi connectivity index (χ1n) is 6.07. The quantitative estimate of drug-likeness (QED) is 0.829. The molecule has 0 saturated carbocycles. The normalized spacial score (nSPS) is 17.4. The summed E-state index contributed by atoms with van der Waals surface area (Å²) in [6, 6.07) is 3.81. The Labute approximate surface area is 107 Å². The average molecular weight is 256 g/mol. The van der Waals surface area contributed by atoms with Crippen LogP contribution in [0.1, 0.15) is 38.3 Å². The summed E-state index contributed by atoms with van der Waals surface area (Å²) in [7, 11) is 0. The predicted octanol–water partition coefficient (Wildman–Crippen LogP) is 3.42. The Morgan fingerprint density at radius 2 is 2.06 bits per heavy atom. The van der Waals surface area contributed by atoms with E-state index in [0.717, 1.165) is 31.7 Å². The van der Waals surface area contributed by atoms with E-state index in [0.29, 0.717) is 16.8 Å². The summed E-state index contributed by atoms with van der Waals surface area (Å²) >= 11 is 6.10. The molecule has 0 atom stereocenters. The van der Waals surface area contributed by atoms with Gasteiger partial charge in [-0.2, -0.15) is 0 Å². The number of rotatable bonds is 3. The van der Waals surface area contributed by atoms with E-state index >= 15 is 0 Å². The predicted molar refractivity (Wildman–Crippen MR) is 67.8 cm³/mol. The van der Waals surface area contributed by atoms with Crippen LogP contribution in [0.5, 0.6) is 5.88 Å². The molecule has 1 aromatic heterocycles. The van der Waals surface area contributed by atoms with Crippen LogP contribution in [-0.4, -0.2) is 24.3 Å². The number of halogens is 1. The molecule has 1 fully saturated rings. The van der Waals surface area contributed by atoms with Gasteiger partial charge in [0.25, 0.3) is 0 Å². The van der Waals surface area contributed by atoms with Crippen molar-refractivity contribution in [1.82, 2.24) is 4.98 Å². The molecule has 1 saturated heterocycles. The second-order valence-corrected chi connectivity index (χ2v) is 5.01. The molecule has 1 aliphatic rings. The second-order valence-electron chi connectivity index (χ2n) is 4.61. The van der Waals surface area contributed by atoms with Gasteiger partial charge in [-0.1, -0.05) is 25.4 Å². The van der Waals surface area contributed by atoms with Gasteiger partial charge in [0, 0.05) is 18.5 Å². The van der Waals surface area contributed by atoms with E-state index in [-0.39, 0.29) is 6.10 Å². The van der Waals surface area contributed by atoms with Crippen molar-refractivity contribution in [1.29, 1.82) is 0 Å². The van der Waals surface area contributed by atoms with Crippen molar-refractivity contribution in [2.45, 2.75) is 38.7 Å². The molecule has 0 amide bonds. The molecule has 0 bridgehead atoms. The van der Waals surface area contributed by atoms with Gasteiger partial charge in [-0.05, 0) is 18.1 Å². The fraction of sp³-hybridized carbons (Fsp3) is 0.615. The van der Waals surface area contributed by atoms with Crippen molar-refractivity contribution in [3.8, 4) is 5.88 Å². The Bertz CT molecular complexity index is 376. The number of hydrogen-bond donors (Lipinski definition) is 0. The van der Waals surface area contributed by atoms with E-state index in [2.05, 4.69) is 18.8 Å². The Morgan fingerprint density at radius 1 is 1.35 bits per heavy atom. The highest BCUT2D eigenvalue weighted by atomic mass is 35.5. The van der Waals surface area contributed by atoms with E-state index in [9.17, 15) is 0 Å². The van der Waals surface area contributed by atoms with E-state index in [1.807, 2.05) is 12.1 Å². The molecule has 3 nitrogen and oxygen atoms in total. The molecule has 0 radical (unpaired) electrons. The molecule has 1 aromatic rings. The lowest BCUT2D eigenvalue weighted by atomic mass is 10.1. The lowest BCUT2D eigenvalue weighted by Gasteiger charge is -2.23. The first-order valence-corrected chi connectivity index (χ1v) is 6.45. The highest BCUT2D eigenvalue weighted by Crippen LogP contribution is 2.27. The number of aromatic nitrogens is 1. The minimum atomic E-state index is 0.177. The van der Waals surface area contributed by atoms with E-state index in [1.54, 1.807) is 0 Å². The van der Waals surface area contributed by atoms with Gasteiger partial charge in [0.1, 0.15) is 11.1 Å². The van der Waals surface area contributed by atoms with Crippen LogP contribution in [0.25, 0.3) is 0 Å². The smallest absolute Gasteiger partial charge is 0.233 e. The van der Waals surface area contributed by atoms with Gasteiger partial charge in [-0.15, -0.1) is 0 Å². The van der Waals surface area contributed by atoms with E-state index in [4.69, 9.17) is 21.1 Å². The van der Waals surface area contributed by atoms with E-state index in [1.165, 1.54) is 0 Å². The van der Waals surface area contributed by atoms with Crippen LogP contribution in [0.4, 0.5) is 0 Å². The zero-order valence-corrected chi connectivity index (χ0v) is 11.0. The summed E-state index contributed by atoms with van der Waals surface area (Å²) in [6.07, 6.45) is 1.99. The van der Waals surface area contributed by atoms with Gasteiger partial charge >= 0.3 is 0 Å². The van der Waals surface area contributed by atoms with Crippen molar-refractivity contribution in [2.24, 2.45) is 0 Å². The molecule has 4 heteroatoms. The van der Waals surface area contributed by atoms with Crippen molar-refractivity contribution >= 4 is 11.6 Å². The van der Waals surface area contributed by atoms with Crippen LogP contribution >= 0.6 is 11.6 Å². The SMILES string of the molecule is CC(C)c1ccc(Cl)c(OC2CCOCC2)n1. The van der Waals surface area contributed by atoms with Crippen LogP contribution in [0.15, 0.2) is 12.1 Å². The van der Waals surface area contributed by atoms with Crippen LogP contribution < -0.4 is 4.74 Å². The Balaban J connectivity index is 2.10. The van der Waals surface area contributed by atoms with Crippen molar-refractivity contribution < 1.29 is 9.47 Å². The molecular formula is C13H18ClNO2. The Morgan fingerprint density at radius 3 is 2.71 bits per heavy atom. The van der Waals surface area contributed by atoms with Gasteiger partial charge in [-0.3, -0.25) is 0 Å². The van der Waals surface area contributed by atoms with Crippen molar-refractivity contribution in [2.75, 3.05) is 13.2 Å². The minimum Gasteiger partial charge on any atom is -0.473 e. The summed E-state index contributed by atoms with van der Waals surface area (Å²) in [5, 5.41) is 0.584. The van der Waals surface area contributed by atoms with Crippen LogP contribution in [-0.2, 0) is 4.74 Å². The Hall–Kier alpha value is -0.800. The van der Waals surface area contributed by atoms with Crippen molar-refractivity contribution in [3.63, 3.8) is 0 Å². The number of hydrogen-bond acceptors (Lipinski definition) is 3. The third-order valence-corrected chi connectivity index (χ3v) is 3.16. The van der Waals surface area contributed by atoms with Gasteiger partial charge in [-0.25, -0.2) is 4.98 Å². The lowest BCUT2D eigenvalue weighted by Crippen LogP contribution is -2.26. The standard InChI is InChI=1S/C13H18ClNO2/c1-9(2)12-4-3-11(14)13(15-12)17-10-5-7-16-8-6-10/h3-4,9-10H,5-8H2,1-2H3. The number of ether oxygens (including phenoxy) is 2. The first kappa shape index (κ1) is 12.7. The Kier molecular flexibility index (Phi) is 4.24. The van der Waals surface area contributed by atoms with Gasteiger partial charge in [0.15, 0.2) is 0 Å². The zero-order valence-electron chi connectivity index (χ0n) is 10.3. The van der Waals surface area contributed by atoms with Crippen molar-refractivity contribution in [3.05, 3.63) is 22.8 Å². The summed E-state index contributed by atoms with van der Waals surface area (Å²) in [5.74, 6) is 0.939. The molecular weight excluding hydrogens is 238 g/mol. The summed E-state index contributed by atoms with van der Waals surface area (Å²) in [6.45, 7) is 5.72. The van der Waals surface area contributed by atoms with Gasteiger partial charge < -0.3 is 9.47 Å². The topological polar surface area (TPSA) is 31.4 Å². The molecule has 0 aliphatic carbocycles. The molecule has 0 unspecified atom stereocenters. The molecule has 2 heterocycles. The summed E-state index contributed by atoms with van der Waals surface area (Å²) in [4.78, 5) is 4.47. The third kappa shape index (κ3) is 3.33. The van der Waals surface area contributed by atoms with E-state index < -0.39 is 0 Å². The summed E-state index contributed by atoms with van der Waals surface area (Å²) in [5.41, 5.74) is 1.01.